The van der Waals surface area contributed by atoms with E-state index in [1.54, 1.807) is 0 Å². The van der Waals surface area contributed by atoms with Crippen LogP contribution < -0.4 is 10.6 Å². The first kappa shape index (κ1) is 19.0. The number of rotatable bonds is 9. The van der Waals surface area contributed by atoms with Crippen LogP contribution in [0.4, 0.5) is 4.79 Å². The molecule has 2 saturated carbocycles. The molecule has 138 valence electrons. The van der Waals surface area contributed by atoms with Gasteiger partial charge in [0, 0.05) is 18.1 Å². The van der Waals surface area contributed by atoms with Gasteiger partial charge in [0.15, 0.2) is 0 Å². The smallest absolute Gasteiger partial charge is 0.317 e. The molecule has 0 aromatic carbocycles. The number of carbonyl (C=O) groups is 2. The van der Waals surface area contributed by atoms with E-state index in [4.69, 9.17) is 5.11 Å². The van der Waals surface area contributed by atoms with Crippen molar-refractivity contribution in [1.29, 1.82) is 0 Å². The molecule has 24 heavy (non-hydrogen) atoms. The fourth-order valence-electron chi connectivity index (χ4n) is 4.11. The van der Waals surface area contributed by atoms with Crippen LogP contribution >= 0.6 is 0 Å². The Kier molecular flexibility index (Phi) is 7.34. The Morgan fingerprint density at radius 2 is 1.92 bits per heavy atom. The van der Waals surface area contributed by atoms with Crippen LogP contribution in [0.15, 0.2) is 0 Å². The number of nitrogens with zero attached hydrogens (tertiary/aromatic N) is 1. The first-order valence-corrected chi connectivity index (χ1v) is 9.56. The first-order valence-electron chi connectivity index (χ1n) is 9.56. The van der Waals surface area contributed by atoms with Crippen LogP contribution in [0.2, 0.25) is 0 Å². The van der Waals surface area contributed by atoms with Crippen LogP contribution in [0.5, 0.6) is 0 Å². The summed E-state index contributed by atoms with van der Waals surface area (Å²) in [4.78, 5) is 25.0. The molecule has 0 heterocycles. The Morgan fingerprint density at radius 3 is 2.54 bits per heavy atom. The molecule has 0 aromatic rings. The molecule has 2 amide bonds. The summed E-state index contributed by atoms with van der Waals surface area (Å²) in [6.45, 7) is 5.01. The van der Waals surface area contributed by atoms with E-state index in [1.165, 1.54) is 32.1 Å². The van der Waals surface area contributed by atoms with E-state index in [1.807, 2.05) is 11.8 Å². The Hall–Kier alpha value is -1.30. The zero-order valence-electron chi connectivity index (χ0n) is 15.1. The third-order valence-electron chi connectivity index (χ3n) is 5.61. The van der Waals surface area contributed by atoms with Gasteiger partial charge < -0.3 is 15.7 Å². The fourth-order valence-corrected chi connectivity index (χ4v) is 4.11. The number of hydrogen-bond acceptors (Lipinski definition) is 3. The molecule has 2 aliphatic carbocycles. The lowest BCUT2D eigenvalue weighted by molar-refractivity contribution is -0.139. The molecule has 0 saturated heterocycles. The largest absolute Gasteiger partial charge is 0.480 e. The van der Waals surface area contributed by atoms with E-state index in [-0.39, 0.29) is 24.7 Å². The van der Waals surface area contributed by atoms with Crippen LogP contribution in [0.3, 0.4) is 0 Å². The molecule has 0 spiro atoms. The first-order chi connectivity index (χ1) is 11.5. The number of aliphatic carboxylic acids is 1. The molecule has 0 aromatic heterocycles. The fraction of sp³-hybridized carbons (Fsp3) is 0.889. The second-order valence-corrected chi connectivity index (χ2v) is 7.34. The van der Waals surface area contributed by atoms with Gasteiger partial charge >= 0.3 is 12.0 Å². The van der Waals surface area contributed by atoms with Gasteiger partial charge in [0.2, 0.25) is 0 Å². The Labute approximate surface area is 145 Å². The third kappa shape index (κ3) is 5.36. The number of carboxylic acid groups (broad SMARTS) is 1. The topological polar surface area (TPSA) is 81.7 Å². The van der Waals surface area contributed by atoms with Crippen molar-refractivity contribution in [2.75, 3.05) is 13.1 Å². The van der Waals surface area contributed by atoms with E-state index in [0.29, 0.717) is 12.0 Å². The van der Waals surface area contributed by atoms with Crippen molar-refractivity contribution in [3.8, 4) is 0 Å². The Morgan fingerprint density at radius 1 is 1.17 bits per heavy atom. The number of urea groups is 1. The highest BCUT2D eigenvalue weighted by molar-refractivity contribution is 5.74. The van der Waals surface area contributed by atoms with Crippen LogP contribution in [0.25, 0.3) is 0 Å². The molecule has 0 radical (unpaired) electrons. The summed E-state index contributed by atoms with van der Waals surface area (Å²) < 4.78 is 0. The second-order valence-electron chi connectivity index (χ2n) is 7.34. The average molecular weight is 339 g/mol. The predicted molar refractivity (Wildman–Crippen MR) is 94.0 cm³/mol. The molecule has 2 fully saturated rings. The molecule has 2 aliphatic rings. The lowest BCUT2D eigenvalue weighted by atomic mass is 9.85. The third-order valence-corrected chi connectivity index (χ3v) is 5.61. The highest BCUT2D eigenvalue weighted by Crippen LogP contribution is 2.30. The van der Waals surface area contributed by atoms with E-state index in [9.17, 15) is 9.59 Å². The van der Waals surface area contributed by atoms with Crippen molar-refractivity contribution in [2.24, 2.45) is 5.92 Å². The molecule has 3 N–H and O–H groups in total. The summed E-state index contributed by atoms with van der Waals surface area (Å²) in [5, 5.41) is 15.1. The van der Waals surface area contributed by atoms with Gasteiger partial charge in [0.05, 0.1) is 6.54 Å². The minimum atomic E-state index is -0.787. The van der Waals surface area contributed by atoms with Gasteiger partial charge in [-0.05, 0) is 44.6 Å². The summed E-state index contributed by atoms with van der Waals surface area (Å²) in [6.07, 6.45) is 8.90. The van der Waals surface area contributed by atoms with E-state index in [0.717, 1.165) is 25.8 Å². The number of likely N-dealkylation sites (N-methyl/N-ethyl adjacent to an activating group) is 1. The number of carboxylic acids is 1. The van der Waals surface area contributed by atoms with Gasteiger partial charge in [-0.3, -0.25) is 9.69 Å². The number of amides is 2. The quantitative estimate of drug-likeness (QED) is 0.603. The summed E-state index contributed by atoms with van der Waals surface area (Å²) in [5.41, 5.74) is 0. The maximum atomic E-state index is 12.2. The van der Waals surface area contributed by atoms with Crippen LogP contribution in [0, 0.1) is 5.92 Å². The molecule has 6 nitrogen and oxygen atoms in total. The molecule has 0 bridgehead atoms. The van der Waals surface area contributed by atoms with Gasteiger partial charge in [-0.25, -0.2) is 4.79 Å². The normalized spacial score (nSPS) is 29.3. The van der Waals surface area contributed by atoms with Gasteiger partial charge in [-0.1, -0.05) is 33.1 Å². The lowest BCUT2D eigenvalue weighted by Gasteiger charge is -2.42. The molecule has 2 atom stereocenters. The van der Waals surface area contributed by atoms with Crippen molar-refractivity contribution < 1.29 is 14.7 Å². The van der Waals surface area contributed by atoms with Crippen LogP contribution in [-0.2, 0) is 4.79 Å². The minimum Gasteiger partial charge on any atom is -0.480 e. The summed E-state index contributed by atoms with van der Waals surface area (Å²) in [5.74, 6) is -0.152. The Balaban J connectivity index is 1.68. The van der Waals surface area contributed by atoms with E-state index < -0.39 is 5.97 Å². The summed E-state index contributed by atoms with van der Waals surface area (Å²) >= 11 is 0. The SMILES string of the molecule is CCCCC1CCCC1NC(=O)NC1CC(N(CC)CC(=O)O)C1. The van der Waals surface area contributed by atoms with Gasteiger partial charge in [0.25, 0.3) is 0 Å². The standard InChI is InChI=1S/C18H33N3O3/c1-3-5-7-13-8-6-9-16(13)20-18(24)19-14-10-15(11-14)21(4-2)12-17(22)23/h13-16H,3-12H2,1-2H3,(H,22,23)(H2,19,20,24). The summed E-state index contributed by atoms with van der Waals surface area (Å²) in [6, 6.07) is 0.730. The van der Waals surface area contributed by atoms with Crippen molar-refractivity contribution in [3.63, 3.8) is 0 Å². The summed E-state index contributed by atoms with van der Waals surface area (Å²) in [7, 11) is 0. The lowest BCUT2D eigenvalue weighted by Crippen LogP contribution is -2.57. The van der Waals surface area contributed by atoms with Gasteiger partial charge in [-0.2, -0.15) is 0 Å². The molecule has 0 aliphatic heterocycles. The minimum absolute atomic E-state index is 0.0480. The van der Waals surface area contributed by atoms with Crippen LogP contribution in [0.1, 0.15) is 65.2 Å². The van der Waals surface area contributed by atoms with Gasteiger partial charge in [0.1, 0.15) is 0 Å². The molecule has 2 unspecified atom stereocenters. The highest BCUT2D eigenvalue weighted by Gasteiger charge is 2.35. The highest BCUT2D eigenvalue weighted by atomic mass is 16.4. The second kappa shape index (κ2) is 9.25. The van der Waals surface area contributed by atoms with Gasteiger partial charge in [-0.15, -0.1) is 0 Å². The molecular weight excluding hydrogens is 306 g/mol. The van der Waals surface area contributed by atoms with Crippen molar-refractivity contribution >= 4 is 12.0 Å². The van der Waals surface area contributed by atoms with E-state index >= 15 is 0 Å². The number of hydrogen-bond donors (Lipinski definition) is 3. The molecular formula is C18H33N3O3. The Bertz CT molecular complexity index is 424. The zero-order valence-corrected chi connectivity index (χ0v) is 15.1. The average Bonchev–Trinajstić information content (AvgIpc) is 2.93. The predicted octanol–water partition coefficient (Wildman–Crippen LogP) is 2.58. The van der Waals surface area contributed by atoms with Crippen molar-refractivity contribution in [2.45, 2.75) is 83.3 Å². The number of carbonyl (C=O) groups excluding carboxylic acids is 1. The molecule has 2 rings (SSSR count). The number of nitrogens with one attached hydrogen (secondary N) is 2. The maximum Gasteiger partial charge on any atom is 0.317 e. The van der Waals surface area contributed by atoms with Crippen LogP contribution in [-0.4, -0.2) is 53.2 Å². The van der Waals surface area contributed by atoms with Crippen molar-refractivity contribution in [3.05, 3.63) is 0 Å². The van der Waals surface area contributed by atoms with E-state index in [2.05, 4.69) is 17.6 Å². The zero-order chi connectivity index (χ0) is 17.5. The monoisotopic (exact) mass is 339 g/mol. The van der Waals surface area contributed by atoms with Crippen molar-refractivity contribution in [1.82, 2.24) is 15.5 Å². The molecule has 6 heteroatoms. The maximum absolute atomic E-state index is 12.2. The number of unbranched alkanes of at least 4 members (excludes halogenated alkanes) is 1.